The predicted molar refractivity (Wildman–Crippen MR) is 58.2 cm³/mol. The van der Waals surface area contributed by atoms with Gasteiger partial charge < -0.3 is 15.4 Å². The lowest BCUT2D eigenvalue weighted by Gasteiger charge is -2.28. The third-order valence-corrected chi connectivity index (χ3v) is 2.73. The van der Waals surface area contributed by atoms with Gasteiger partial charge >= 0.3 is 0 Å². The number of benzene rings is 1. The van der Waals surface area contributed by atoms with E-state index in [0.29, 0.717) is 24.6 Å². The fourth-order valence-electron chi connectivity index (χ4n) is 1.70. The first-order chi connectivity index (χ1) is 7.54. The van der Waals surface area contributed by atoms with Crippen LogP contribution < -0.4 is 15.4 Å². The van der Waals surface area contributed by atoms with Crippen molar-refractivity contribution in [2.45, 2.75) is 5.92 Å². The number of nitrogens with two attached hydrogens (primary N) is 1. The molecular weight excluding hydrogens is 214 g/mol. The summed E-state index contributed by atoms with van der Waals surface area (Å²) >= 11 is 0. The Hall–Kier alpha value is -1.36. The number of anilines is 1. The zero-order valence-electron chi connectivity index (χ0n) is 9.04. The Morgan fingerprint density at radius 2 is 2.25 bits per heavy atom. The Labute approximate surface area is 92.8 Å². The van der Waals surface area contributed by atoms with Gasteiger partial charge in [0.2, 0.25) is 0 Å². The van der Waals surface area contributed by atoms with E-state index < -0.39 is 12.5 Å². The number of likely N-dealkylation sites (N-methyl/N-ethyl adjacent to an activating group) is 1. The van der Waals surface area contributed by atoms with Crippen LogP contribution in [-0.2, 0) is 5.92 Å². The number of alkyl halides is 2. The lowest BCUT2D eigenvalue weighted by molar-refractivity contribution is 0.00592. The Balaban J connectivity index is 2.41. The maximum atomic E-state index is 13.4. The molecule has 0 spiro atoms. The summed E-state index contributed by atoms with van der Waals surface area (Å²) in [5.41, 5.74) is 5.68. The maximum absolute atomic E-state index is 13.4. The highest BCUT2D eigenvalue weighted by Crippen LogP contribution is 2.36. The van der Waals surface area contributed by atoms with Crippen molar-refractivity contribution in [3.8, 4) is 5.75 Å². The molecule has 5 heteroatoms. The number of rotatable bonds is 2. The van der Waals surface area contributed by atoms with Gasteiger partial charge in [0.05, 0.1) is 18.8 Å². The van der Waals surface area contributed by atoms with Gasteiger partial charge in [0.15, 0.2) is 0 Å². The minimum atomic E-state index is -2.98. The third kappa shape index (κ3) is 1.82. The molecule has 0 fully saturated rings. The first kappa shape index (κ1) is 11.1. The molecule has 0 unspecified atom stereocenters. The highest BCUT2D eigenvalue weighted by molar-refractivity contribution is 5.61. The molecule has 1 aliphatic rings. The number of nitrogens with zero attached hydrogens (tertiary/aromatic N) is 1. The predicted octanol–water partition coefficient (Wildman–Crippen LogP) is 1.57. The number of fused-ring (bicyclic) bond motifs is 1. The normalized spacial score (nSPS) is 15.6. The molecule has 1 aliphatic heterocycles. The highest BCUT2D eigenvalue weighted by atomic mass is 19.3. The monoisotopic (exact) mass is 228 g/mol. The highest BCUT2D eigenvalue weighted by Gasteiger charge is 2.31. The van der Waals surface area contributed by atoms with Gasteiger partial charge in [-0.2, -0.15) is 8.78 Å². The average Bonchev–Trinajstić information content (AvgIpc) is 2.29. The topological polar surface area (TPSA) is 38.5 Å². The molecule has 0 aliphatic carbocycles. The zero-order chi connectivity index (χ0) is 11.8. The van der Waals surface area contributed by atoms with Crippen LogP contribution in [0.25, 0.3) is 0 Å². The molecule has 2 N–H and O–H groups in total. The van der Waals surface area contributed by atoms with E-state index in [9.17, 15) is 8.78 Å². The fourth-order valence-corrected chi connectivity index (χ4v) is 1.70. The van der Waals surface area contributed by atoms with Crippen LogP contribution in [0, 0.1) is 0 Å². The largest absolute Gasteiger partial charge is 0.490 e. The zero-order valence-corrected chi connectivity index (χ0v) is 9.04. The Morgan fingerprint density at radius 3 is 2.94 bits per heavy atom. The van der Waals surface area contributed by atoms with Crippen molar-refractivity contribution in [1.82, 2.24) is 0 Å². The molecule has 1 aromatic carbocycles. The summed E-state index contributed by atoms with van der Waals surface area (Å²) in [4.78, 5) is 1.90. The minimum absolute atomic E-state index is 0.0638. The molecule has 0 aromatic heterocycles. The second kappa shape index (κ2) is 3.90. The lowest BCUT2D eigenvalue weighted by Crippen LogP contribution is -2.30. The molecule has 16 heavy (non-hydrogen) atoms. The molecule has 0 saturated carbocycles. The standard InChI is InChI=1S/C11H14F2N2O/c1-15-4-5-16-10-3-2-8(6-9(10)15)11(12,13)7-14/h2-3,6H,4-5,7,14H2,1H3. The summed E-state index contributed by atoms with van der Waals surface area (Å²) in [6, 6.07) is 4.39. The van der Waals surface area contributed by atoms with E-state index in [-0.39, 0.29) is 5.56 Å². The van der Waals surface area contributed by atoms with Gasteiger partial charge in [-0.15, -0.1) is 0 Å². The van der Waals surface area contributed by atoms with Crippen molar-refractivity contribution in [2.75, 3.05) is 31.6 Å². The number of halogens is 2. The molecule has 0 saturated heterocycles. The van der Waals surface area contributed by atoms with E-state index >= 15 is 0 Å². The number of ether oxygens (including phenoxy) is 1. The molecule has 2 rings (SSSR count). The summed E-state index contributed by atoms with van der Waals surface area (Å²) in [6.07, 6.45) is 0. The fraction of sp³-hybridized carbons (Fsp3) is 0.455. The molecule has 88 valence electrons. The van der Waals surface area contributed by atoms with E-state index in [1.807, 2.05) is 11.9 Å². The van der Waals surface area contributed by atoms with E-state index in [2.05, 4.69) is 0 Å². The first-order valence-corrected chi connectivity index (χ1v) is 5.11. The van der Waals surface area contributed by atoms with Crippen LogP contribution in [-0.4, -0.2) is 26.7 Å². The second-order valence-corrected chi connectivity index (χ2v) is 3.86. The summed E-state index contributed by atoms with van der Waals surface area (Å²) in [5, 5.41) is 0. The lowest BCUT2D eigenvalue weighted by atomic mass is 10.1. The smallest absolute Gasteiger partial charge is 0.285 e. The number of hydrogen-bond donors (Lipinski definition) is 1. The molecule has 1 heterocycles. The molecular formula is C11H14F2N2O. The Kier molecular flexibility index (Phi) is 2.71. The SMILES string of the molecule is CN1CCOc2ccc(C(F)(F)CN)cc21. The quantitative estimate of drug-likeness (QED) is 0.835. The van der Waals surface area contributed by atoms with Crippen molar-refractivity contribution in [3.05, 3.63) is 23.8 Å². The van der Waals surface area contributed by atoms with Crippen LogP contribution in [0.1, 0.15) is 5.56 Å². The summed E-state index contributed by atoms with van der Waals surface area (Å²) in [5.74, 6) is -2.34. The molecule has 0 bridgehead atoms. The summed E-state index contributed by atoms with van der Waals surface area (Å²) in [6.45, 7) is 0.594. The van der Waals surface area contributed by atoms with Gasteiger partial charge in [-0.1, -0.05) is 0 Å². The second-order valence-electron chi connectivity index (χ2n) is 3.86. The van der Waals surface area contributed by atoms with E-state index in [1.165, 1.54) is 12.1 Å². The van der Waals surface area contributed by atoms with Gasteiger partial charge in [0, 0.05) is 12.6 Å². The maximum Gasteiger partial charge on any atom is 0.285 e. The van der Waals surface area contributed by atoms with Crippen molar-refractivity contribution in [1.29, 1.82) is 0 Å². The van der Waals surface area contributed by atoms with Crippen molar-refractivity contribution in [3.63, 3.8) is 0 Å². The molecule has 3 nitrogen and oxygen atoms in total. The third-order valence-electron chi connectivity index (χ3n) is 2.73. The molecule has 1 aromatic rings. The van der Waals surface area contributed by atoms with E-state index in [1.54, 1.807) is 6.07 Å². The van der Waals surface area contributed by atoms with Crippen LogP contribution in [0.5, 0.6) is 5.75 Å². The van der Waals surface area contributed by atoms with Crippen LogP contribution in [0.2, 0.25) is 0 Å². The van der Waals surface area contributed by atoms with E-state index in [0.717, 1.165) is 0 Å². The molecule has 0 amide bonds. The van der Waals surface area contributed by atoms with Crippen LogP contribution >= 0.6 is 0 Å². The molecule has 0 radical (unpaired) electrons. The number of hydrogen-bond acceptors (Lipinski definition) is 3. The van der Waals surface area contributed by atoms with Crippen LogP contribution in [0.3, 0.4) is 0 Å². The summed E-state index contributed by atoms with van der Waals surface area (Å²) < 4.78 is 32.2. The van der Waals surface area contributed by atoms with Crippen molar-refractivity contribution >= 4 is 5.69 Å². The molecule has 0 atom stereocenters. The first-order valence-electron chi connectivity index (χ1n) is 5.11. The van der Waals surface area contributed by atoms with Gasteiger partial charge in [-0.25, -0.2) is 0 Å². The van der Waals surface area contributed by atoms with Gasteiger partial charge in [-0.3, -0.25) is 0 Å². The van der Waals surface area contributed by atoms with E-state index in [4.69, 9.17) is 10.5 Å². The average molecular weight is 228 g/mol. The van der Waals surface area contributed by atoms with Crippen molar-refractivity contribution in [2.24, 2.45) is 5.73 Å². The Bertz CT molecular complexity index is 396. The van der Waals surface area contributed by atoms with Crippen molar-refractivity contribution < 1.29 is 13.5 Å². The van der Waals surface area contributed by atoms with Crippen LogP contribution in [0.4, 0.5) is 14.5 Å². The Morgan fingerprint density at radius 1 is 1.50 bits per heavy atom. The van der Waals surface area contributed by atoms with Gasteiger partial charge in [0.1, 0.15) is 12.4 Å². The summed E-state index contributed by atoms with van der Waals surface area (Å²) in [7, 11) is 1.85. The van der Waals surface area contributed by atoms with Gasteiger partial charge in [0.25, 0.3) is 5.92 Å². The van der Waals surface area contributed by atoms with Gasteiger partial charge in [-0.05, 0) is 18.2 Å². The van der Waals surface area contributed by atoms with Crippen LogP contribution in [0.15, 0.2) is 18.2 Å². The minimum Gasteiger partial charge on any atom is -0.490 e.